The number of ether oxygens (including phenoxy) is 11. The molecule has 0 spiro atoms. The Morgan fingerprint density at radius 1 is 0.536 bits per heavy atom. The van der Waals surface area contributed by atoms with E-state index < -0.39 is 111 Å². The van der Waals surface area contributed by atoms with E-state index in [0.717, 1.165) is 13.8 Å². The van der Waals surface area contributed by atoms with Crippen molar-refractivity contribution in [2.75, 3.05) is 20.3 Å². The SMILES string of the molecule is CO[C@H]1O[C@H](CO[C@H]2O[C@H](COC(C)=O)[C@@H](OC(C)=O)[C@@H]3OC(=O)O[C@@H]23)[C@@H](OC(=O)c2ccccc2)[C@H](OC(=O)c2ccccc2)[C@H]1OC(=O)c1ccccc1. The van der Waals surface area contributed by atoms with Crippen molar-refractivity contribution in [2.24, 2.45) is 0 Å². The number of hydrogen-bond acceptors (Lipinski definition) is 17. The number of carbonyl (C=O) groups is 6. The van der Waals surface area contributed by atoms with Gasteiger partial charge in [-0.3, -0.25) is 9.59 Å². The maximum atomic E-state index is 13.7. The van der Waals surface area contributed by atoms with Crippen LogP contribution in [0.4, 0.5) is 4.79 Å². The van der Waals surface area contributed by atoms with E-state index in [2.05, 4.69) is 0 Å². The van der Waals surface area contributed by atoms with Crippen LogP contribution in [0.25, 0.3) is 0 Å². The molecule has 6 rings (SSSR count). The van der Waals surface area contributed by atoms with Crippen LogP contribution < -0.4 is 0 Å². The number of esters is 5. The van der Waals surface area contributed by atoms with E-state index in [-0.39, 0.29) is 16.7 Å². The largest absolute Gasteiger partial charge is 0.509 e. The Bertz CT molecular complexity index is 1850. The summed E-state index contributed by atoms with van der Waals surface area (Å²) >= 11 is 0. The lowest BCUT2D eigenvalue weighted by molar-refractivity contribution is -0.318. The zero-order valence-corrected chi connectivity index (χ0v) is 30.3. The summed E-state index contributed by atoms with van der Waals surface area (Å²) in [5, 5.41) is 0. The summed E-state index contributed by atoms with van der Waals surface area (Å²) in [7, 11) is 1.26. The lowest BCUT2D eigenvalue weighted by atomic mass is 9.97. The molecular weight excluding hydrogens is 740 g/mol. The third kappa shape index (κ3) is 9.49. The quantitative estimate of drug-likeness (QED) is 0.181. The molecule has 0 radical (unpaired) electrons. The molecule has 0 amide bonds. The molecule has 3 saturated heterocycles. The summed E-state index contributed by atoms with van der Waals surface area (Å²) in [6.45, 7) is 1.33. The van der Waals surface area contributed by atoms with Crippen LogP contribution >= 0.6 is 0 Å². The minimum absolute atomic E-state index is 0.130. The molecule has 0 saturated carbocycles. The minimum atomic E-state index is -1.58. The van der Waals surface area contributed by atoms with Gasteiger partial charge in [-0.2, -0.15) is 0 Å². The fourth-order valence-corrected chi connectivity index (χ4v) is 6.28. The zero-order valence-electron chi connectivity index (χ0n) is 30.3. The first-order chi connectivity index (χ1) is 27.0. The Kier molecular flexibility index (Phi) is 12.9. The topological polar surface area (TPSA) is 204 Å². The van der Waals surface area contributed by atoms with Crippen LogP contribution in [0.1, 0.15) is 44.9 Å². The van der Waals surface area contributed by atoms with Gasteiger partial charge in [0.25, 0.3) is 0 Å². The van der Waals surface area contributed by atoms with Crippen molar-refractivity contribution in [3.05, 3.63) is 108 Å². The van der Waals surface area contributed by atoms with Gasteiger partial charge in [-0.1, -0.05) is 54.6 Å². The van der Waals surface area contributed by atoms with Gasteiger partial charge in [-0.25, -0.2) is 19.2 Å². The van der Waals surface area contributed by atoms with E-state index in [1.807, 2.05) is 0 Å². The molecule has 3 heterocycles. The highest BCUT2D eigenvalue weighted by Gasteiger charge is 2.58. The standard InChI is InChI=1S/C39H38O17/c1-21(40)47-19-26-28(49-22(2)41)31-33(56-39(45)55-31)38(51-26)48-20-27-29(52-34(42)23-13-7-4-8-14-23)30(53-35(43)24-15-9-5-10-16-24)32(37(46-3)50-27)54-36(44)25-17-11-6-12-18-25/h4-18,26-33,37-38H,19-20H2,1-3H3/t26-,27-,28-,29-,30+,31+,32-,33-,37+,38+/m1/s1. The molecule has 0 unspecified atom stereocenters. The molecule has 3 aromatic carbocycles. The summed E-state index contributed by atoms with van der Waals surface area (Å²) in [6.07, 6.45) is -15.0. The Labute approximate surface area is 319 Å². The third-order valence-electron chi connectivity index (χ3n) is 8.81. The van der Waals surface area contributed by atoms with E-state index in [9.17, 15) is 28.8 Å². The monoisotopic (exact) mass is 778 g/mol. The highest BCUT2D eigenvalue weighted by Crippen LogP contribution is 2.36. The molecule has 3 aliphatic rings. The van der Waals surface area contributed by atoms with E-state index in [1.54, 1.807) is 54.6 Å². The van der Waals surface area contributed by atoms with Crippen molar-refractivity contribution >= 4 is 36.0 Å². The molecule has 3 aliphatic heterocycles. The van der Waals surface area contributed by atoms with Crippen LogP contribution in [-0.2, 0) is 61.7 Å². The summed E-state index contributed by atoms with van der Waals surface area (Å²) in [5.41, 5.74) is 0.421. The van der Waals surface area contributed by atoms with Crippen molar-refractivity contribution in [2.45, 2.75) is 75.3 Å². The first-order valence-corrected chi connectivity index (χ1v) is 17.4. The third-order valence-corrected chi connectivity index (χ3v) is 8.81. The Morgan fingerprint density at radius 2 is 1.00 bits per heavy atom. The van der Waals surface area contributed by atoms with Crippen LogP contribution in [0.3, 0.4) is 0 Å². The number of carbonyl (C=O) groups excluding carboxylic acids is 6. The van der Waals surface area contributed by atoms with Crippen molar-refractivity contribution in [1.29, 1.82) is 0 Å². The van der Waals surface area contributed by atoms with Gasteiger partial charge in [0, 0.05) is 21.0 Å². The number of benzene rings is 3. The number of methoxy groups -OCH3 is 1. The van der Waals surface area contributed by atoms with E-state index in [1.165, 1.54) is 43.5 Å². The van der Waals surface area contributed by atoms with Crippen molar-refractivity contribution < 1.29 is 80.9 Å². The lowest BCUT2D eigenvalue weighted by Crippen LogP contribution is -2.64. The van der Waals surface area contributed by atoms with Crippen LogP contribution in [0.5, 0.6) is 0 Å². The smallest absolute Gasteiger partial charge is 0.463 e. The van der Waals surface area contributed by atoms with E-state index >= 15 is 0 Å². The van der Waals surface area contributed by atoms with Crippen molar-refractivity contribution in [3.8, 4) is 0 Å². The second-order valence-electron chi connectivity index (χ2n) is 12.7. The zero-order chi connectivity index (χ0) is 39.8. The van der Waals surface area contributed by atoms with Gasteiger partial charge in [0.1, 0.15) is 18.8 Å². The van der Waals surface area contributed by atoms with Crippen molar-refractivity contribution in [3.63, 3.8) is 0 Å². The molecular formula is C39H38O17. The van der Waals surface area contributed by atoms with E-state index in [0.29, 0.717) is 0 Å². The van der Waals surface area contributed by atoms with Gasteiger partial charge in [-0.05, 0) is 36.4 Å². The van der Waals surface area contributed by atoms with Gasteiger partial charge >= 0.3 is 36.0 Å². The summed E-state index contributed by atoms with van der Waals surface area (Å²) in [6, 6.07) is 23.9. The van der Waals surface area contributed by atoms with Gasteiger partial charge in [-0.15, -0.1) is 0 Å². The predicted octanol–water partition coefficient (Wildman–Crippen LogP) is 3.17. The summed E-state index contributed by atoms with van der Waals surface area (Å²) in [5.74, 6) is -3.94. The Hall–Kier alpha value is -5.88. The predicted molar refractivity (Wildman–Crippen MR) is 185 cm³/mol. The second kappa shape index (κ2) is 18.2. The van der Waals surface area contributed by atoms with Crippen LogP contribution in [0, 0.1) is 0 Å². The first kappa shape index (κ1) is 39.8. The van der Waals surface area contributed by atoms with Crippen LogP contribution in [-0.4, -0.2) is 118 Å². The molecule has 17 heteroatoms. The summed E-state index contributed by atoms with van der Waals surface area (Å²) in [4.78, 5) is 76.9. The normalized spacial score (nSPS) is 28.0. The molecule has 3 fully saturated rings. The van der Waals surface area contributed by atoms with Crippen LogP contribution in [0.15, 0.2) is 91.0 Å². The molecule has 0 aliphatic carbocycles. The van der Waals surface area contributed by atoms with Crippen LogP contribution in [0.2, 0.25) is 0 Å². The molecule has 10 atom stereocenters. The first-order valence-electron chi connectivity index (χ1n) is 17.4. The van der Waals surface area contributed by atoms with Gasteiger partial charge < -0.3 is 52.1 Å². The Morgan fingerprint density at radius 3 is 1.50 bits per heavy atom. The minimum Gasteiger partial charge on any atom is -0.463 e. The molecule has 56 heavy (non-hydrogen) atoms. The average Bonchev–Trinajstić information content (AvgIpc) is 3.60. The second-order valence-corrected chi connectivity index (χ2v) is 12.7. The maximum absolute atomic E-state index is 13.7. The highest BCUT2D eigenvalue weighted by atomic mass is 16.8. The molecule has 296 valence electrons. The van der Waals surface area contributed by atoms with Gasteiger partial charge in [0.15, 0.2) is 49.2 Å². The highest BCUT2D eigenvalue weighted by molar-refractivity contribution is 5.91. The van der Waals surface area contributed by atoms with E-state index in [4.69, 9.17) is 52.1 Å². The number of fused-ring (bicyclic) bond motifs is 1. The summed E-state index contributed by atoms with van der Waals surface area (Å²) < 4.78 is 63.1. The fourth-order valence-electron chi connectivity index (χ4n) is 6.28. The molecule has 0 aromatic heterocycles. The molecule has 0 bridgehead atoms. The van der Waals surface area contributed by atoms with Crippen molar-refractivity contribution in [1.82, 2.24) is 0 Å². The van der Waals surface area contributed by atoms with Gasteiger partial charge in [0.2, 0.25) is 0 Å². The number of rotatable bonds is 13. The maximum Gasteiger partial charge on any atom is 0.509 e. The lowest BCUT2D eigenvalue weighted by Gasteiger charge is -2.45. The number of hydrogen-bond donors (Lipinski definition) is 0. The average molecular weight is 779 g/mol. The molecule has 0 N–H and O–H groups in total. The molecule has 17 nitrogen and oxygen atoms in total. The van der Waals surface area contributed by atoms with Gasteiger partial charge in [0.05, 0.1) is 23.3 Å². The fraction of sp³-hybridized carbons (Fsp3) is 0.385. The molecule has 3 aromatic rings. The Balaban J connectivity index is 1.34.